The Kier molecular flexibility index (Phi) is 6.41. The van der Waals surface area contributed by atoms with Gasteiger partial charge in [0.1, 0.15) is 11.4 Å². The van der Waals surface area contributed by atoms with Crippen molar-refractivity contribution in [2.75, 3.05) is 13.1 Å². The standard InChI is InChI=1S/C29H29FN2O3/c1-20-6-8-21(9-7-20)19-32-14-12-29(34,13-15-32)24-10-11-26-23(16-24)17-27(35-26)28(33)31-18-22-4-2-3-5-25(22)30/h2-11,16-17,34H,12-15,18-19H2,1H3,(H,31,33). The van der Waals surface area contributed by atoms with E-state index in [1.807, 2.05) is 12.1 Å². The van der Waals surface area contributed by atoms with Crippen LogP contribution in [0.5, 0.6) is 0 Å². The van der Waals surface area contributed by atoms with Crippen molar-refractivity contribution in [1.29, 1.82) is 0 Å². The number of hydrogen-bond donors (Lipinski definition) is 2. The molecule has 1 amide bonds. The van der Waals surface area contributed by atoms with Crippen LogP contribution >= 0.6 is 0 Å². The molecule has 3 aromatic carbocycles. The number of carbonyl (C=O) groups is 1. The highest BCUT2D eigenvalue weighted by molar-refractivity contribution is 5.96. The molecule has 5 rings (SSSR count). The van der Waals surface area contributed by atoms with Gasteiger partial charge in [-0.3, -0.25) is 9.69 Å². The fourth-order valence-electron chi connectivity index (χ4n) is 4.67. The van der Waals surface area contributed by atoms with Crippen LogP contribution in [0.4, 0.5) is 4.39 Å². The molecule has 0 spiro atoms. The number of piperidine rings is 1. The first-order valence-corrected chi connectivity index (χ1v) is 12.0. The van der Waals surface area contributed by atoms with Crippen LogP contribution in [0.25, 0.3) is 11.0 Å². The van der Waals surface area contributed by atoms with E-state index in [2.05, 4.69) is 41.4 Å². The highest BCUT2D eigenvalue weighted by Crippen LogP contribution is 2.35. The van der Waals surface area contributed by atoms with Crippen molar-refractivity contribution >= 4 is 16.9 Å². The molecule has 1 saturated heterocycles. The predicted molar refractivity (Wildman–Crippen MR) is 133 cm³/mol. The van der Waals surface area contributed by atoms with Crippen LogP contribution < -0.4 is 5.32 Å². The number of fused-ring (bicyclic) bond motifs is 1. The van der Waals surface area contributed by atoms with Crippen molar-refractivity contribution in [3.63, 3.8) is 0 Å². The highest BCUT2D eigenvalue weighted by Gasteiger charge is 2.34. The Balaban J connectivity index is 1.24. The Bertz CT molecular complexity index is 1340. The average molecular weight is 473 g/mol. The normalized spacial score (nSPS) is 15.9. The van der Waals surface area contributed by atoms with Crippen LogP contribution in [0.15, 0.2) is 77.2 Å². The first-order chi connectivity index (χ1) is 16.9. The van der Waals surface area contributed by atoms with Crippen molar-refractivity contribution in [3.8, 4) is 0 Å². The van der Waals surface area contributed by atoms with Crippen LogP contribution in [0.2, 0.25) is 0 Å². The predicted octanol–water partition coefficient (Wildman–Crippen LogP) is 5.29. The molecule has 1 aliphatic rings. The zero-order valence-electron chi connectivity index (χ0n) is 19.8. The summed E-state index contributed by atoms with van der Waals surface area (Å²) in [5.74, 6) is -0.609. The topological polar surface area (TPSA) is 65.7 Å². The molecule has 2 heterocycles. The third kappa shape index (κ3) is 5.14. The van der Waals surface area contributed by atoms with Gasteiger partial charge in [-0.1, -0.05) is 54.1 Å². The van der Waals surface area contributed by atoms with Gasteiger partial charge in [-0.25, -0.2) is 4.39 Å². The third-order valence-electron chi connectivity index (χ3n) is 6.88. The number of nitrogens with one attached hydrogen (secondary N) is 1. The van der Waals surface area contributed by atoms with E-state index in [4.69, 9.17) is 4.42 Å². The number of hydrogen-bond acceptors (Lipinski definition) is 4. The zero-order valence-corrected chi connectivity index (χ0v) is 19.8. The number of aryl methyl sites for hydroxylation is 1. The zero-order chi connectivity index (χ0) is 24.4. The van der Waals surface area contributed by atoms with Crippen LogP contribution in [-0.4, -0.2) is 29.0 Å². The van der Waals surface area contributed by atoms with Crippen molar-refractivity contribution in [2.24, 2.45) is 0 Å². The van der Waals surface area contributed by atoms with Crippen LogP contribution in [0, 0.1) is 12.7 Å². The number of aliphatic hydroxyl groups is 1. The Morgan fingerprint density at radius 3 is 2.54 bits per heavy atom. The second-order valence-electron chi connectivity index (χ2n) is 9.43. The number of halogens is 1. The highest BCUT2D eigenvalue weighted by atomic mass is 19.1. The van der Waals surface area contributed by atoms with Gasteiger partial charge in [0.05, 0.1) is 5.60 Å². The lowest BCUT2D eigenvalue weighted by molar-refractivity contribution is -0.0276. The van der Waals surface area contributed by atoms with Crippen molar-refractivity contribution in [1.82, 2.24) is 10.2 Å². The smallest absolute Gasteiger partial charge is 0.287 e. The molecule has 1 fully saturated rings. The molecule has 35 heavy (non-hydrogen) atoms. The second-order valence-corrected chi connectivity index (χ2v) is 9.43. The fourth-order valence-corrected chi connectivity index (χ4v) is 4.67. The van der Waals surface area contributed by atoms with E-state index in [0.29, 0.717) is 24.0 Å². The van der Waals surface area contributed by atoms with E-state index in [1.54, 1.807) is 30.3 Å². The summed E-state index contributed by atoms with van der Waals surface area (Å²) in [6.07, 6.45) is 1.27. The average Bonchev–Trinajstić information content (AvgIpc) is 3.30. The van der Waals surface area contributed by atoms with Crippen LogP contribution in [-0.2, 0) is 18.7 Å². The Morgan fingerprint density at radius 2 is 1.80 bits per heavy atom. The minimum absolute atomic E-state index is 0.0760. The monoisotopic (exact) mass is 472 g/mol. The number of likely N-dealkylation sites (tertiary alicyclic amines) is 1. The Morgan fingerprint density at radius 1 is 1.06 bits per heavy atom. The van der Waals surface area contributed by atoms with E-state index < -0.39 is 11.5 Å². The van der Waals surface area contributed by atoms with Crippen LogP contribution in [0.3, 0.4) is 0 Å². The van der Waals surface area contributed by atoms with Gasteiger partial charge >= 0.3 is 0 Å². The van der Waals surface area contributed by atoms with Gasteiger partial charge in [0.25, 0.3) is 5.91 Å². The summed E-state index contributed by atoms with van der Waals surface area (Å²) in [4.78, 5) is 14.9. The number of benzene rings is 3. The quantitative estimate of drug-likeness (QED) is 0.400. The molecule has 0 atom stereocenters. The Labute approximate surface area is 204 Å². The number of carbonyl (C=O) groups excluding carboxylic acids is 1. The summed E-state index contributed by atoms with van der Waals surface area (Å²) >= 11 is 0. The molecule has 5 nitrogen and oxygen atoms in total. The second kappa shape index (κ2) is 9.64. The molecular weight excluding hydrogens is 443 g/mol. The SMILES string of the molecule is Cc1ccc(CN2CCC(O)(c3ccc4oc(C(=O)NCc5ccccc5F)cc4c3)CC2)cc1. The number of furan rings is 1. The van der Waals surface area contributed by atoms with E-state index in [0.717, 1.165) is 30.6 Å². The molecule has 0 saturated carbocycles. The molecule has 2 N–H and O–H groups in total. The summed E-state index contributed by atoms with van der Waals surface area (Å²) in [5, 5.41) is 14.9. The lowest BCUT2D eigenvalue weighted by Crippen LogP contribution is -2.42. The molecule has 0 aliphatic carbocycles. The van der Waals surface area contributed by atoms with Crippen molar-refractivity contribution < 1.29 is 18.7 Å². The largest absolute Gasteiger partial charge is 0.451 e. The first-order valence-electron chi connectivity index (χ1n) is 12.0. The molecule has 6 heteroatoms. The number of nitrogens with zero attached hydrogens (tertiary/aromatic N) is 1. The van der Waals surface area contributed by atoms with Gasteiger partial charge in [-0.05, 0) is 55.2 Å². The molecule has 0 unspecified atom stereocenters. The van der Waals surface area contributed by atoms with Crippen molar-refractivity contribution in [3.05, 3.63) is 107 Å². The third-order valence-corrected chi connectivity index (χ3v) is 6.88. The van der Waals surface area contributed by atoms with E-state index >= 15 is 0 Å². The Hall–Kier alpha value is -3.48. The molecule has 4 aromatic rings. The van der Waals surface area contributed by atoms with Gasteiger partial charge in [0.2, 0.25) is 0 Å². The molecular formula is C29H29FN2O3. The number of amides is 1. The van der Waals surface area contributed by atoms with Gasteiger partial charge in [-0.15, -0.1) is 0 Å². The minimum Gasteiger partial charge on any atom is -0.451 e. The lowest BCUT2D eigenvalue weighted by Gasteiger charge is -2.38. The maximum Gasteiger partial charge on any atom is 0.287 e. The summed E-state index contributed by atoms with van der Waals surface area (Å²) in [7, 11) is 0. The molecule has 1 aliphatic heterocycles. The summed E-state index contributed by atoms with van der Waals surface area (Å²) < 4.78 is 19.5. The van der Waals surface area contributed by atoms with Gasteiger partial charge < -0.3 is 14.8 Å². The lowest BCUT2D eigenvalue weighted by atomic mass is 9.84. The van der Waals surface area contributed by atoms with Gasteiger partial charge in [0.15, 0.2) is 5.76 Å². The maximum absolute atomic E-state index is 13.8. The van der Waals surface area contributed by atoms with Gasteiger partial charge in [0, 0.05) is 37.1 Å². The van der Waals surface area contributed by atoms with Gasteiger partial charge in [-0.2, -0.15) is 0 Å². The maximum atomic E-state index is 13.8. The van der Waals surface area contributed by atoms with Crippen LogP contribution in [0.1, 0.15) is 45.7 Å². The number of rotatable bonds is 6. The van der Waals surface area contributed by atoms with E-state index in [1.165, 1.54) is 17.2 Å². The minimum atomic E-state index is -0.914. The molecule has 0 bridgehead atoms. The first kappa shape index (κ1) is 23.3. The summed E-state index contributed by atoms with van der Waals surface area (Å²) in [6, 6.07) is 22.2. The molecule has 0 radical (unpaired) electrons. The van der Waals surface area contributed by atoms with Crippen molar-refractivity contribution in [2.45, 2.75) is 38.5 Å². The molecule has 1 aromatic heterocycles. The van der Waals surface area contributed by atoms with E-state index in [-0.39, 0.29) is 18.1 Å². The molecule has 180 valence electrons. The summed E-state index contributed by atoms with van der Waals surface area (Å²) in [6.45, 7) is 4.65. The van der Waals surface area contributed by atoms with E-state index in [9.17, 15) is 14.3 Å². The summed E-state index contributed by atoms with van der Waals surface area (Å²) in [5.41, 5.74) is 3.44. The fraction of sp³-hybridized carbons (Fsp3) is 0.276.